The fourth-order valence-electron chi connectivity index (χ4n) is 3.12. The van der Waals surface area contributed by atoms with E-state index >= 15 is 0 Å². The molecule has 1 heterocycles. The van der Waals surface area contributed by atoms with Crippen molar-refractivity contribution in [1.82, 2.24) is 9.62 Å². The summed E-state index contributed by atoms with van der Waals surface area (Å²) in [5.41, 5.74) is 0.322. The van der Waals surface area contributed by atoms with Gasteiger partial charge in [-0.1, -0.05) is 0 Å². The Morgan fingerprint density at radius 3 is 2.46 bits per heavy atom. The van der Waals surface area contributed by atoms with E-state index in [0.717, 1.165) is 12.8 Å². The van der Waals surface area contributed by atoms with Gasteiger partial charge in [0.25, 0.3) is 5.91 Å². The third kappa shape index (κ3) is 4.22. The number of carbonyl (C=O) groups excluding carboxylic acids is 1. The van der Waals surface area contributed by atoms with Gasteiger partial charge in [0, 0.05) is 31.3 Å². The van der Waals surface area contributed by atoms with Gasteiger partial charge in [0.2, 0.25) is 10.0 Å². The highest BCUT2D eigenvalue weighted by Crippen LogP contribution is 2.26. The maximum Gasteiger partial charge on any atom is 0.305 e. The lowest BCUT2D eigenvalue weighted by molar-refractivity contribution is -0.138. The molecule has 0 radical (unpaired) electrons. The van der Waals surface area contributed by atoms with Crippen LogP contribution >= 0.6 is 0 Å². The zero-order chi connectivity index (χ0) is 18.9. The quantitative estimate of drug-likeness (QED) is 0.722. The minimum absolute atomic E-state index is 0.00802. The van der Waals surface area contributed by atoms with Crippen LogP contribution in [0.15, 0.2) is 29.2 Å². The standard InChI is InChI=1S/C17H22N2O6S/c1-25-14-8-13(9-16(20)21)19(10-14)17(22)11-2-6-15(7-3-11)26(23,24)18-12-4-5-12/h2-3,6-7,12-14,18H,4-5,8-10H2,1H3,(H,20,21). The van der Waals surface area contributed by atoms with Gasteiger partial charge in [-0.25, -0.2) is 13.1 Å². The number of hydrogen-bond donors (Lipinski definition) is 2. The Balaban J connectivity index is 1.75. The summed E-state index contributed by atoms with van der Waals surface area (Å²) < 4.78 is 32.2. The van der Waals surface area contributed by atoms with Gasteiger partial charge < -0.3 is 14.7 Å². The van der Waals surface area contributed by atoms with E-state index in [4.69, 9.17) is 9.84 Å². The molecule has 0 aromatic heterocycles. The topological polar surface area (TPSA) is 113 Å². The number of aliphatic carboxylic acids is 1. The first-order chi connectivity index (χ1) is 12.3. The molecule has 2 N–H and O–H groups in total. The molecule has 1 aliphatic carbocycles. The van der Waals surface area contributed by atoms with E-state index in [1.165, 1.54) is 36.3 Å². The first kappa shape index (κ1) is 18.8. The number of likely N-dealkylation sites (tertiary alicyclic amines) is 1. The van der Waals surface area contributed by atoms with Crippen LogP contribution in [-0.2, 0) is 19.6 Å². The minimum Gasteiger partial charge on any atom is -0.481 e. The second-order valence-corrected chi connectivity index (χ2v) is 8.44. The molecule has 1 aromatic carbocycles. The summed E-state index contributed by atoms with van der Waals surface area (Å²) in [5.74, 6) is -1.30. The van der Waals surface area contributed by atoms with E-state index in [0.29, 0.717) is 18.5 Å². The molecule has 1 amide bonds. The lowest BCUT2D eigenvalue weighted by atomic mass is 10.1. The third-order valence-electron chi connectivity index (χ3n) is 4.69. The summed E-state index contributed by atoms with van der Waals surface area (Å²) in [4.78, 5) is 25.4. The maximum absolute atomic E-state index is 12.8. The predicted octanol–water partition coefficient (Wildman–Crippen LogP) is 0.832. The normalized spacial score (nSPS) is 23.2. The number of amides is 1. The summed E-state index contributed by atoms with van der Waals surface area (Å²) in [5, 5.41) is 9.05. The molecule has 1 saturated carbocycles. The van der Waals surface area contributed by atoms with Crippen LogP contribution in [0.3, 0.4) is 0 Å². The van der Waals surface area contributed by atoms with Crippen LogP contribution in [0.5, 0.6) is 0 Å². The number of carboxylic acids is 1. The SMILES string of the molecule is COC1CC(CC(=O)O)N(C(=O)c2ccc(S(=O)(=O)NC3CC3)cc2)C1. The maximum atomic E-state index is 12.8. The molecule has 2 fully saturated rings. The highest BCUT2D eigenvalue weighted by atomic mass is 32.2. The molecule has 2 atom stereocenters. The Kier molecular flexibility index (Phi) is 5.31. The molecule has 142 valence electrons. The lowest BCUT2D eigenvalue weighted by Crippen LogP contribution is -2.37. The molecule has 2 aliphatic rings. The van der Waals surface area contributed by atoms with Gasteiger partial charge in [-0.15, -0.1) is 0 Å². The molecule has 1 saturated heterocycles. The first-order valence-electron chi connectivity index (χ1n) is 8.48. The fraction of sp³-hybridized carbons (Fsp3) is 0.529. The van der Waals surface area contributed by atoms with Crippen molar-refractivity contribution in [2.45, 2.75) is 48.8 Å². The summed E-state index contributed by atoms with van der Waals surface area (Å²) in [7, 11) is -2.04. The molecule has 8 nitrogen and oxygen atoms in total. The van der Waals surface area contributed by atoms with Crippen molar-refractivity contribution in [2.24, 2.45) is 0 Å². The van der Waals surface area contributed by atoms with E-state index in [2.05, 4.69) is 4.72 Å². The molecule has 1 aliphatic heterocycles. The van der Waals surface area contributed by atoms with Crippen LogP contribution in [0.4, 0.5) is 0 Å². The van der Waals surface area contributed by atoms with E-state index in [9.17, 15) is 18.0 Å². The molecule has 26 heavy (non-hydrogen) atoms. The number of nitrogens with one attached hydrogen (secondary N) is 1. The molecule has 2 unspecified atom stereocenters. The Morgan fingerprint density at radius 1 is 1.27 bits per heavy atom. The number of methoxy groups -OCH3 is 1. The van der Waals surface area contributed by atoms with Crippen LogP contribution in [-0.4, -0.2) is 62.1 Å². The summed E-state index contributed by atoms with van der Waals surface area (Å²) >= 11 is 0. The van der Waals surface area contributed by atoms with Crippen LogP contribution in [0.1, 0.15) is 36.0 Å². The minimum atomic E-state index is -3.57. The van der Waals surface area contributed by atoms with Crippen molar-refractivity contribution >= 4 is 21.9 Å². The molecule has 3 rings (SSSR count). The zero-order valence-corrected chi connectivity index (χ0v) is 15.2. The number of hydrogen-bond acceptors (Lipinski definition) is 5. The monoisotopic (exact) mass is 382 g/mol. The van der Waals surface area contributed by atoms with Gasteiger partial charge in [0.05, 0.1) is 17.4 Å². The predicted molar refractivity (Wildman–Crippen MR) is 92.3 cm³/mol. The highest BCUT2D eigenvalue weighted by molar-refractivity contribution is 7.89. The van der Waals surface area contributed by atoms with Gasteiger partial charge in [0.15, 0.2) is 0 Å². The Hall–Kier alpha value is -1.97. The Morgan fingerprint density at radius 2 is 1.92 bits per heavy atom. The van der Waals surface area contributed by atoms with Gasteiger partial charge in [0.1, 0.15) is 0 Å². The number of rotatable bonds is 7. The van der Waals surface area contributed by atoms with Crippen molar-refractivity contribution in [3.63, 3.8) is 0 Å². The number of carbonyl (C=O) groups is 2. The van der Waals surface area contributed by atoms with Gasteiger partial charge in [-0.05, 0) is 43.5 Å². The Labute approximate surface area is 152 Å². The average Bonchev–Trinajstić information content (AvgIpc) is 3.30. The number of carboxylic acid groups (broad SMARTS) is 1. The van der Waals surface area contributed by atoms with Crippen molar-refractivity contribution in [2.75, 3.05) is 13.7 Å². The van der Waals surface area contributed by atoms with Gasteiger partial charge >= 0.3 is 5.97 Å². The highest BCUT2D eigenvalue weighted by Gasteiger charge is 2.37. The van der Waals surface area contributed by atoms with Crippen LogP contribution in [0.25, 0.3) is 0 Å². The van der Waals surface area contributed by atoms with E-state index in [1.54, 1.807) is 0 Å². The van der Waals surface area contributed by atoms with E-state index in [-0.39, 0.29) is 29.4 Å². The molecular weight excluding hydrogens is 360 g/mol. The summed E-state index contributed by atoms with van der Waals surface area (Å²) in [6, 6.07) is 5.28. The van der Waals surface area contributed by atoms with Gasteiger partial charge in [-0.2, -0.15) is 0 Å². The molecule has 1 aromatic rings. The number of benzene rings is 1. The third-order valence-corrected chi connectivity index (χ3v) is 6.23. The van der Waals surface area contributed by atoms with E-state index in [1.807, 2.05) is 0 Å². The van der Waals surface area contributed by atoms with Crippen LogP contribution in [0, 0.1) is 0 Å². The zero-order valence-electron chi connectivity index (χ0n) is 14.4. The first-order valence-corrected chi connectivity index (χ1v) is 9.96. The molecule has 0 bridgehead atoms. The van der Waals surface area contributed by atoms with Crippen molar-refractivity contribution in [3.8, 4) is 0 Å². The molecule has 9 heteroatoms. The van der Waals surface area contributed by atoms with Crippen LogP contribution in [0.2, 0.25) is 0 Å². The molecule has 0 spiro atoms. The summed E-state index contributed by atoms with van der Waals surface area (Å²) in [6.45, 7) is 0.316. The largest absolute Gasteiger partial charge is 0.481 e. The number of sulfonamides is 1. The molecular formula is C17H22N2O6S. The second kappa shape index (κ2) is 7.34. The Bertz CT molecular complexity index is 788. The van der Waals surface area contributed by atoms with Crippen molar-refractivity contribution < 1.29 is 27.9 Å². The van der Waals surface area contributed by atoms with E-state index < -0.39 is 22.0 Å². The van der Waals surface area contributed by atoms with Crippen molar-refractivity contribution in [1.29, 1.82) is 0 Å². The smallest absolute Gasteiger partial charge is 0.305 e. The van der Waals surface area contributed by atoms with Crippen molar-refractivity contribution in [3.05, 3.63) is 29.8 Å². The number of ether oxygens (including phenoxy) is 1. The lowest BCUT2D eigenvalue weighted by Gasteiger charge is -2.23. The van der Waals surface area contributed by atoms with Gasteiger partial charge in [-0.3, -0.25) is 9.59 Å². The summed E-state index contributed by atoms with van der Waals surface area (Å²) in [6.07, 6.45) is 1.80. The number of nitrogens with zero attached hydrogens (tertiary/aromatic N) is 1. The van der Waals surface area contributed by atoms with Crippen LogP contribution < -0.4 is 4.72 Å². The fourth-order valence-corrected chi connectivity index (χ4v) is 4.42. The average molecular weight is 382 g/mol. The second-order valence-electron chi connectivity index (χ2n) is 6.72.